The summed E-state index contributed by atoms with van der Waals surface area (Å²) in [7, 11) is 0. The maximum atomic E-state index is 13.4. The Morgan fingerprint density at radius 1 is 0.756 bits per heavy atom. The minimum absolute atomic E-state index is 0.0122. The molecule has 224 valence electrons. The lowest BCUT2D eigenvalue weighted by molar-refractivity contribution is -0.116. The van der Waals surface area contributed by atoms with Gasteiger partial charge in [0.05, 0.1) is 0 Å². The van der Waals surface area contributed by atoms with Crippen LogP contribution in [0, 0.1) is 0 Å². The van der Waals surface area contributed by atoms with E-state index in [1.54, 1.807) is 85.1 Å². The lowest BCUT2D eigenvalue weighted by Crippen LogP contribution is -2.30. The highest BCUT2D eigenvalue weighted by atomic mass is 35.5. The lowest BCUT2D eigenvalue weighted by atomic mass is 10.1. The smallest absolute Gasteiger partial charge is 0.272 e. The fourth-order valence-electron chi connectivity index (χ4n) is 4.20. The molecule has 0 aliphatic rings. The maximum absolute atomic E-state index is 13.4. The van der Waals surface area contributed by atoms with Crippen LogP contribution < -0.4 is 16.0 Å². The summed E-state index contributed by atoms with van der Waals surface area (Å²) in [6, 6.07) is 35.3. The summed E-state index contributed by atoms with van der Waals surface area (Å²) < 4.78 is 0. The van der Waals surface area contributed by atoms with E-state index in [0.29, 0.717) is 32.7 Å². The molecule has 10 heteroatoms. The molecule has 1 atom stereocenters. The molecule has 3 N–H and O–H groups in total. The van der Waals surface area contributed by atoms with E-state index in [1.807, 2.05) is 42.5 Å². The second-order valence-corrected chi connectivity index (χ2v) is 11.7. The first-order valence-electron chi connectivity index (χ1n) is 13.7. The van der Waals surface area contributed by atoms with E-state index in [-0.39, 0.29) is 11.6 Å². The number of thioether (sulfide) groups is 1. The molecule has 0 spiro atoms. The third-order valence-electron chi connectivity index (χ3n) is 6.41. The van der Waals surface area contributed by atoms with Gasteiger partial charge in [-0.3, -0.25) is 14.4 Å². The van der Waals surface area contributed by atoms with Crippen LogP contribution in [-0.4, -0.2) is 22.7 Å². The number of amides is 3. The Morgan fingerprint density at radius 2 is 1.44 bits per heavy atom. The van der Waals surface area contributed by atoms with Gasteiger partial charge in [0.25, 0.3) is 11.8 Å². The van der Waals surface area contributed by atoms with Crippen molar-refractivity contribution in [2.45, 2.75) is 10.1 Å². The predicted molar refractivity (Wildman–Crippen MR) is 181 cm³/mol. The largest absolute Gasteiger partial charge is 0.321 e. The van der Waals surface area contributed by atoms with Crippen molar-refractivity contribution in [1.29, 1.82) is 0 Å². The second-order valence-electron chi connectivity index (χ2n) is 9.64. The van der Waals surface area contributed by atoms with Crippen LogP contribution in [0.1, 0.15) is 26.7 Å². The molecule has 0 aliphatic carbocycles. The van der Waals surface area contributed by atoms with Gasteiger partial charge in [-0.25, -0.2) is 4.98 Å². The highest BCUT2D eigenvalue weighted by molar-refractivity contribution is 8.00. The van der Waals surface area contributed by atoms with Crippen molar-refractivity contribution in [3.8, 4) is 0 Å². The standard InChI is InChI=1S/C35H26Cl2N4O3S/c36-26-15-14-25(29(37)22-26)21-30(40-33(42)24-11-5-2-6-12-24)34(43)39-27-16-18-28(19-17-27)45-32(23-9-3-1-4-10-23)35(44)41-31-13-7-8-20-38-31/h1-22,32H,(H,39,43)(H,40,42)(H,38,41,44)/b30-21-. The van der Waals surface area contributed by atoms with Gasteiger partial charge in [0, 0.05) is 32.4 Å². The number of benzene rings is 4. The molecule has 3 amide bonds. The summed E-state index contributed by atoms with van der Waals surface area (Å²) in [5, 5.41) is 8.62. The Bertz CT molecular complexity index is 1820. The third-order valence-corrected chi connectivity index (χ3v) is 8.24. The summed E-state index contributed by atoms with van der Waals surface area (Å²) in [6.07, 6.45) is 3.11. The molecule has 1 heterocycles. The maximum Gasteiger partial charge on any atom is 0.272 e. The molecule has 0 aliphatic heterocycles. The van der Waals surface area contributed by atoms with Gasteiger partial charge in [0.1, 0.15) is 16.8 Å². The summed E-state index contributed by atoms with van der Waals surface area (Å²) >= 11 is 13.8. The molecule has 45 heavy (non-hydrogen) atoms. The fourth-order valence-corrected chi connectivity index (χ4v) is 5.68. The molecule has 0 saturated heterocycles. The first kappa shape index (κ1) is 31.5. The van der Waals surface area contributed by atoms with E-state index >= 15 is 0 Å². The number of anilines is 2. The minimum atomic E-state index is -0.555. The molecule has 5 aromatic rings. The summed E-state index contributed by atoms with van der Waals surface area (Å²) in [5.41, 5.74) is 2.20. The van der Waals surface area contributed by atoms with Crippen LogP contribution in [0.25, 0.3) is 6.08 Å². The van der Waals surface area contributed by atoms with E-state index in [1.165, 1.54) is 17.8 Å². The Balaban J connectivity index is 1.34. The van der Waals surface area contributed by atoms with Gasteiger partial charge < -0.3 is 16.0 Å². The van der Waals surface area contributed by atoms with Gasteiger partial charge in [-0.15, -0.1) is 11.8 Å². The molecule has 0 radical (unpaired) electrons. The molecule has 0 saturated carbocycles. The van der Waals surface area contributed by atoms with Crippen LogP contribution in [0.4, 0.5) is 11.5 Å². The minimum Gasteiger partial charge on any atom is -0.321 e. The number of nitrogens with zero attached hydrogens (tertiary/aromatic N) is 1. The van der Waals surface area contributed by atoms with E-state index in [4.69, 9.17) is 23.2 Å². The SMILES string of the molecule is O=C(Nc1ccc(SC(C(=O)Nc2ccccn2)c2ccccc2)cc1)/C(=C/c1ccc(Cl)cc1Cl)NC(=O)c1ccccc1. The first-order valence-corrected chi connectivity index (χ1v) is 15.4. The van der Waals surface area contributed by atoms with E-state index < -0.39 is 17.1 Å². The molecule has 7 nitrogen and oxygen atoms in total. The molecule has 5 rings (SSSR count). The van der Waals surface area contributed by atoms with Crippen molar-refractivity contribution in [3.63, 3.8) is 0 Å². The summed E-state index contributed by atoms with van der Waals surface area (Å²) in [4.78, 5) is 44.7. The summed E-state index contributed by atoms with van der Waals surface area (Å²) in [5.74, 6) is -0.760. The highest BCUT2D eigenvalue weighted by Gasteiger charge is 2.23. The number of carbonyl (C=O) groups is 3. The van der Waals surface area contributed by atoms with Gasteiger partial charge in [-0.05, 0) is 77.9 Å². The number of halogens is 2. The molecule has 1 unspecified atom stereocenters. The van der Waals surface area contributed by atoms with E-state index in [2.05, 4.69) is 20.9 Å². The van der Waals surface area contributed by atoms with Crippen molar-refractivity contribution in [2.24, 2.45) is 0 Å². The molecule has 0 fully saturated rings. The zero-order valence-electron chi connectivity index (χ0n) is 23.6. The van der Waals surface area contributed by atoms with Crippen molar-refractivity contribution in [1.82, 2.24) is 10.3 Å². The number of nitrogens with one attached hydrogen (secondary N) is 3. The van der Waals surface area contributed by atoms with Crippen LogP contribution in [0.3, 0.4) is 0 Å². The number of hydrogen-bond acceptors (Lipinski definition) is 5. The zero-order valence-corrected chi connectivity index (χ0v) is 25.9. The van der Waals surface area contributed by atoms with Crippen LogP contribution in [0.2, 0.25) is 10.0 Å². The number of hydrogen-bond donors (Lipinski definition) is 3. The second kappa shape index (κ2) is 15.2. The summed E-state index contributed by atoms with van der Waals surface area (Å²) in [6.45, 7) is 0. The fraction of sp³-hybridized carbons (Fsp3) is 0.0286. The van der Waals surface area contributed by atoms with Crippen molar-refractivity contribution in [3.05, 3.63) is 160 Å². The van der Waals surface area contributed by atoms with Gasteiger partial charge in [-0.2, -0.15) is 0 Å². The Hall–Kier alpha value is -4.89. The predicted octanol–water partition coefficient (Wildman–Crippen LogP) is 8.27. The van der Waals surface area contributed by atoms with Crippen molar-refractivity contribution >= 4 is 70.3 Å². The van der Waals surface area contributed by atoms with E-state index in [9.17, 15) is 14.4 Å². The van der Waals surface area contributed by atoms with Gasteiger partial charge >= 0.3 is 0 Å². The van der Waals surface area contributed by atoms with Crippen molar-refractivity contribution < 1.29 is 14.4 Å². The molecular formula is C35H26Cl2N4O3S. The lowest BCUT2D eigenvalue weighted by Gasteiger charge is -2.17. The quantitative estimate of drug-likeness (QED) is 0.104. The zero-order chi connectivity index (χ0) is 31.6. The number of aromatic nitrogens is 1. The third kappa shape index (κ3) is 8.83. The van der Waals surface area contributed by atoms with Crippen LogP contribution in [0.15, 0.2) is 138 Å². The van der Waals surface area contributed by atoms with Crippen LogP contribution in [-0.2, 0) is 9.59 Å². The average molecular weight is 654 g/mol. The average Bonchev–Trinajstić information content (AvgIpc) is 3.06. The first-order chi connectivity index (χ1) is 21.9. The van der Waals surface area contributed by atoms with Gasteiger partial charge in [0.2, 0.25) is 5.91 Å². The van der Waals surface area contributed by atoms with Crippen LogP contribution >= 0.6 is 35.0 Å². The Morgan fingerprint density at radius 3 is 2.11 bits per heavy atom. The molecule has 1 aromatic heterocycles. The van der Waals surface area contributed by atoms with E-state index in [0.717, 1.165) is 10.5 Å². The highest BCUT2D eigenvalue weighted by Crippen LogP contribution is 2.36. The number of pyridine rings is 1. The number of carbonyl (C=O) groups excluding carboxylic acids is 3. The molecular weight excluding hydrogens is 627 g/mol. The Kier molecular flexibility index (Phi) is 10.7. The van der Waals surface area contributed by atoms with Crippen LogP contribution in [0.5, 0.6) is 0 Å². The monoisotopic (exact) mass is 652 g/mol. The van der Waals surface area contributed by atoms with Crippen molar-refractivity contribution in [2.75, 3.05) is 10.6 Å². The molecule has 4 aromatic carbocycles. The normalized spacial score (nSPS) is 11.7. The Labute approximate surface area is 274 Å². The molecule has 0 bridgehead atoms. The topological polar surface area (TPSA) is 100 Å². The number of rotatable bonds is 10. The van der Waals surface area contributed by atoms with Gasteiger partial charge in [0.15, 0.2) is 0 Å². The van der Waals surface area contributed by atoms with Gasteiger partial charge in [-0.1, -0.05) is 83.9 Å².